The van der Waals surface area contributed by atoms with Crippen LogP contribution in [0.2, 0.25) is 0 Å². The number of halogens is 1. The predicted molar refractivity (Wildman–Crippen MR) is 49.8 cm³/mol. The van der Waals surface area contributed by atoms with Crippen LogP contribution in [0.25, 0.3) is 0 Å². The maximum atomic E-state index is 13.0. The zero-order chi connectivity index (χ0) is 8.97. The fourth-order valence-electron chi connectivity index (χ4n) is 1.34. The molecule has 0 N–H and O–H groups in total. The summed E-state index contributed by atoms with van der Waals surface area (Å²) in [7, 11) is 0. The number of benzene rings is 1. The van der Waals surface area contributed by atoms with E-state index in [0.29, 0.717) is 0 Å². The summed E-state index contributed by atoms with van der Waals surface area (Å²) < 4.78 is 13.0. The van der Waals surface area contributed by atoms with Gasteiger partial charge in [-0.15, -0.1) is 0 Å². The smallest absolute Gasteiger partial charge is 0.126 e. The minimum absolute atomic E-state index is 0.0719. The maximum Gasteiger partial charge on any atom is 0.126 e. The lowest BCUT2D eigenvalue weighted by Crippen LogP contribution is -1.91. The first-order chi connectivity index (χ1) is 5.77. The molecule has 1 heteroatoms. The van der Waals surface area contributed by atoms with Crippen LogP contribution in [0.3, 0.4) is 0 Å². The van der Waals surface area contributed by atoms with Crippen molar-refractivity contribution < 1.29 is 4.39 Å². The van der Waals surface area contributed by atoms with Gasteiger partial charge < -0.3 is 0 Å². The molecule has 0 amide bonds. The zero-order valence-corrected chi connectivity index (χ0v) is 7.73. The number of aryl methyl sites for hydroxylation is 2. The van der Waals surface area contributed by atoms with E-state index in [-0.39, 0.29) is 5.82 Å². The van der Waals surface area contributed by atoms with Crippen LogP contribution in [-0.4, -0.2) is 0 Å². The fraction of sp³-hybridized carbons (Fsp3) is 0.455. The number of rotatable bonds is 3. The Labute approximate surface area is 73.4 Å². The Morgan fingerprint density at radius 1 is 1.25 bits per heavy atom. The molecule has 1 rings (SSSR count). The largest absolute Gasteiger partial charge is 0.207 e. The quantitative estimate of drug-likeness (QED) is 0.646. The van der Waals surface area contributed by atoms with Crippen LogP contribution < -0.4 is 0 Å². The van der Waals surface area contributed by atoms with Crippen molar-refractivity contribution in [3.05, 3.63) is 35.1 Å². The van der Waals surface area contributed by atoms with E-state index in [9.17, 15) is 4.39 Å². The molecule has 0 nitrogen and oxygen atoms in total. The van der Waals surface area contributed by atoms with Gasteiger partial charge in [0.1, 0.15) is 5.82 Å². The highest BCUT2D eigenvalue weighted by Gasteiger charge is 2.00. The average Bonchev–Trinajstić information content (AvgIpc) is 2.09. The summed E-state index contributed by atoms with van der Waals surface area (Å²) >= 11 is 0. The Hall–Kier alpha value is -0.850. The molecule has 0 aliphatic heterocycles. The minimum atomic E-state index is -0.0719. The standard InChI is InChI=1S/C11H15F/c1-3-5-9-6-7-11(12)10(4-2)8-9/h6-8H,3-5H2,1-2H3. The highest BCUT2D eigenvalue weighted by atomic mass is 19.1. The number of hydrogen-bond acceptors (Lipinski definition) is 0. The van der Waals surface area contributed by atoms with Gasteiger partial charge >= 0.3 is 0 Å². The average molecular weight is 166 g/mol. The van der Waals surface area contributed by atoms with E-state index in [1.54, 1.807) is 6.07 Å². The van der Waals surface area contributed by atoms with Gasteiger partial charge in [0.25, 0.3) is 0 Å². The van der Waals surface area contributed by atoms with Gasteiger partial charge in [0.05, 0.1) is 0 Å². The van der Waals surface area contributed by atoms with Gasteiger partial charge in [0, 0.05) is 0 Å². The molecule has 12 heavy (non-hydrogen) atoms. The Balaban J connectivity index is 2.89. The van der Waals surface area contributed by atoms with E-state index in [1.165, 1.54) is 5.56 Å². The zero-order valence-electron chi connectivity index (χ0n) is 7.73. The Morgan fingerprint density at radius 2 is 2.00 bits per heavy atom. The fourth-order valence-corrected chi connectivity index (χ4v) is 1.34. The van der Waals surface area contributed by atoms with E-state index >= 15 is 0 Å². The summed E-state index contributed by atoms with van der Waals surface area (Å²) in [4.78, 5) is 0. The third kappa shape index (κ3) is 2.07. The molecule has 0 fully saturated rings. The first-order valence-electron chi connectivity index (χ1n) is 4.55. The summed E-state index contributed by atoms with van der Waals surface area (Å²) in [6.45, 7) is 4.11. The SMILES string of the molecule is CCCc1ccc(F)c(CC)c1. The first kappa shape index (κ1) is 9.24. The molecule has 0 radical (unpaired) electrons. The molecule has 0 aromatic heterocycles. The minimum Gasteiger partial charge on any atom is -0.207 e. The van der Waals surface area contributed by atoms with Gasteiger partial charge in [-0.05, 0) is 30.0 Å². The van der Waals surface area contributed by atoms with Crippen molar-refractivity contribution in [1.29, 1.82) is 0 Å². The lowest BCUT2D eigenvalue weighted by atomic mass is 10.1. The summed E-state index contributed by atoms with van der Waals surface area (Å²) in [5.41, 5.74) is 2.08. The van der Waals surface area contributed by atoms with E-state index in [0.717, 1.165) is 24.8 Å². The van der Waals surface area contributed by atoms with Gasteiger partial charge in [-0.1, -0.05) is 32.4 Å². The van der Waals surface area contributed by atoms with Crippen molar-refractivity contribution in [1.82, 2.24) is 0 Å². The molecule has 0 bridgehead atoms. The molecule has 0 aliphatic carbocycles. The number of hydrogen-bond donors (Lipinski definition) is 0. The first-order valence-corrected chi connectivity index (χ1v) is 4.55. The normalized spacial score (nSPS) is 10.2. The topological polar surface area (TPSA) is 0 Å². The van der Waals surface area contributed by atoms with E-state index in [1.807, 2.05) is 19.1 Å². The predicted octanol–water partition coefficient (Wildman–Crippen LogP) is 3.34. The molecule has 0 atom stereocenters. The Bertz CT molecular complexity index is 253. The van der Waals surface area contributed by atoms with Crippen LogP contribution in [-0.2, 0) is 12.8 Å². The van der Waals surface area contributed by atoms with Gasteiger partial charge in [0.15, 0.2) is 0 Å². The lowest BCUT2D eigenvalue weighted by molar-refractivity contribution is 0.611. The van der Waals surface area contributed by atoms with Crippen LogP contribution in [0.4, 0.5) is 4.39 Å². The molecule has 0 spiro atoms. The van der Waals surface area contributed by atoms with Crippen molar-refractivity contribution in [2.45, 2.75) is 33.1 Å². The van der Waals surface area contributed by atoms with Crippen molar-refractivity contribution in [3.8, 4) is 0 Å². The van der Waals surface area contributed by atoms with Gasteiger partial charge in [-0.25, -0.2) is 4.39 Å². The second kappa shape index (κ2) is 4.24. The monoisotopic (exact) mass is 166 g/mol. The molecule has 66 valence electrons. The lowest BCUT2D eigenvalue weighted by Gasteiger charge is -2.03. The van der Waals surface area contributed by atoms with Crippen LogP contribution >= 0.6 is 0 Å². The highest BCUT2D eigenvalue weighted by molar-refractivity contribution is 5.25. The molecule has 0 saturated carbocycles. The van der Waals surface area contributed by atoms with Crippen molar-refractivity contribution in [2.75, 3.05) is 0 Å². The molecular formula is C11H15F. The highest BCUT2D eigenvalue weighted by Crippen LogP contribution is 2.12. The third-order valence-electron chi connectivity index (χ3n) is 2.03. The van der Waals surface area contributed by atoms with Crippen LogP contribution in [0.5, 0.6) is 0 Å². The van der Waals surface area contributed by atoms with E-state index in [2.05, 4.69) is 6.92 Å². The van der Waals surface area contributed by atoms with Crippen molar-refractivity contribution in [2.24, 2.45) is 0 Å². The second-order valence-corrected chi connectivity index (χ2v) is 3.03. The Morgan fingerprint density at radius 3 is 2.58 bits per heavy atom. The van der Waals surface area contributed by atoms with Crippen molar-refractivity contribution >= 4 is 0 Å². The van der Waals surface area contributed by atoms with Gasteiger partial charge in [-0.2, -0.15) is 0 Å². The van der Waals surface area contributed by atoms with Crippen LogP contribution in [0.15, 0.2) is 18.2 Å². The van der Waals surface area contributed by atoms with Crippen molar-refractivity contribution in [3.63, 3.8) is 0 Å². The molecule has 1 aromatic rings. The van der Waals surface area contributed by atoms with Crippen LogP contribution in [0, 0.1) is 5.82 Å². The summed E-state index contributed by atoms with van der Waals surface area (Å²) in [6.07, 6.45) is 2.95. The second-order valence-electron chi connectivity index (χ2n) is 3.03. The summed E-state index contributed by atoms with van der Waals surface area (Å²) in [5, 5.41) is 0. The molecule has 1 aromatic carbocycles. The molecular weight excluding hydrogens is 151 g/mol. The van der Waals surface area contributed by atoms with Crippen LogP contribution in [0.1, 0.15) is 31.4 Å². The Kier molecular flexibility index (Phi) is 3.27. The summed E-state index contributed by atoms with van der Waals surface area (Å²) in [6, 6.07) is 5.42. The molecule has 0 unspecified atom stereocenters. The molecule has 0 saturated heterocycles. The summed E-state index contributed by atoms with van der Waals surface area (Å²) in [5.74, 6) is -0.0719. The van der Waals surface area contributed by atoms with Gasteiger partial charge in [-0.3, -0.25) is 0 Å². The van der Waals surface area contributed by atoms with E-state index in [4.69, 9.17) is 0 Å². The maximum absolute atomic E-state index is 13.0. The molecule has 0 heterocycles. The third-order valence-corrected chi connectivity index (χ3v) is 2.03. The molecule has 0 aliphatic rings. The van der Waals surface area contributed by atoms with E-state index < -0.39 is 0 Å². The van der Waals surface area contributed by atoms with Gasteiger partial charge in [0.2, 0.25) is 0 Å².